The molecular weight excluding hydrogens is 124 g/mol. The number of hydrogen-bond acceptors (Lipinski definition) is 2. The summed E-state index contributed by atoms with van der Waals surface area (Å²) in [6.45, 7) is 7.52. The van der Waals surface area contributed by atoms with Gasteiger partial charge in [0.15, 0.2) is 0 Å². The maximum Gasteiger partial charge on any atom is 0.0385 e. The zero-order chi connectivity index (χ0) is 7.98. The maximum absolute atomic E-state index is 4.07. The first-order valence-corrected chi connectivity index (χ1v) is 3.31. The summed E-state index contributed by atoms with van der Waals surface area (Å²) in [5.74, 6) is 0.461. The Morgan fingerprint density at radius 1 is 1.50 bits per heavy atom. The van der Waals surface area contributed by atoms with Gasteiger partial charge in [-0.1, -0.05) is 13.8 Å². The highest BCUT2D eigenvalue weighted by Gasteiger charge is 1.97. The molecule has 0 amide bonds. The van der Waals surface area contributed by atoms with Crippen molar-refractivity contribution in [2.24, 2.45) is 15.9 Å². The first-order chi connectivity index (χ1) is 4.72. The Morgan fingerprint density at radius 2 is 2.10 bits per heavy atom. The summed E-state index contributed by atoms with van der Waals surface area (Å²) in [6, 6.07) is 0. The Bertz CT molecular complexity index is 155. The van der Waals surface area contributed by atoms with E-state index < -0.39 is 0 Å². The molecule has 0 unspecified atom stereocenters. The maximum atomic E-state index is 4.07. The van der Waals surface area contributed by atoms with E-state index in [0.717, 1.165) is 5.71 Å². The second-order valence-corrected chi connectivity index (χ2v) is 2.30. The van der Waals surface area contributed by atoms with Gasteiger partial charge in [0.05, 0.1) is 0 Å². The Kier molecular flexibility index (Phi) is 4.46. The van der Waals surface area contributed by atoms with Crippen molar-refractivity contribution in [3.05, 3.63) is 12.3 Å². The summed E-state index contributed by atoms with van der Waals surface area (Å²) < 4.78 is 0. The minimum absolute atomic E-state index is 0.461. The van der Waals surface area contributed by atoms with Gasteiger partial charge in [-0.15, -0.1) is 0 Å². The van der Waals surface area contributed by atoms with Crippen molar-refractivity contribution >= 4 is 12.4 Å². The van der Waals surface area contributed by atoms with E-state index in [-0.39, 0.29) is 0 Å². The lowest BCUT2D eigenvalue weighted by molar-refractivity contribution is 0.886. The average Bonchev–Trinajstić information content (AvgIpc) is 1.89. The summed E-state index contributed by atoms with van der Waals surface area (Å²) in [4.78, 5) is 7.66. The fourth-order valence-electron chi connectivity index (χ4n) is 0.654. The second kappa shape index (κ2) is 4.91. The molecule has 0 bridgehead atoms. The summed E-state index contributed by atoms with van der Waals surface area (Å²) in [7, 11) is 1.78. The molecule has 0 heterocycles. The van der Waals surface area contributed by atoms with E-state index in [2.05, 4.69) is 30.5 Å². The molecule has 0 fully saturated rings. The third-order valence-corrected chi connectivity index (χ3v) is 1.20. The van der Waals surface area contributed by atoms with E-state index in [1.54, 1.807) is 13.2 Å². The van der Waals surface area contributed by atoms with Crippen molar-refractivity contribution in [3.63, 3.8) is 0 Å². The molecule has 0 saturated heterocycles. The standard InChI is InChI=1S/C8H14N2/c1-7(2)8(10-4)5-6-9-3/h5-7H,3H2,1-2,4H3/b6-5-,10-8?. The summed E-state index contributed by atoms with van der Waals surface area (Å²) in [5, 5.41) is 0. The minimum Gasteiger partial charge on any atom is -0.293 e. The first kappa shape index (κ1) is 9.08. The molecule has 2 nitrogen and oxygen atoms in total. The molecule has 10 heavy (non-hydrogen) atoms. The molecule has 0 N–H and O–H groups in total. The number of hydrogen-bond donors (Lipinski definition) is 0. The molecule has 0 saturated carbocycles. The van der Waals surface area contributed by atoms with Crippen molar-refractivity contribution in [2.45, 2.75) is 13.8 Å². The van der Waals surface area contributed by atoms with Crippen LogP contribution in [0.1, 0.15) is 13.8 Å². The smallest absolute Gasteiger partial charge is 0.0385 e. The Hall–Kier alpha value is -0.920. The van der Waals surface area contributed by atoms with Crippen LogP contribution in [0.25, 0.3) is 0 Å². The van der Waals surface area contributed by atoms with Gasteiger partial charge in [0.25, 0.3) is 0 Å². The molecule has 56 valence electrons. The first-order valence-electron chi connectivity index (χ1n) is 3.31. The molecule has 0 aromatic carbocycles. The van der Waals surface area contributed by atoms with Crippen LogP contribution in [-0.4, -0.2) is 19.5 Å². The van der Waals surface area contributed by atoms with Crippen molar-refractivity contribution in [2.75, 3.05) is 7.05 Å². The largest absolute Gasteiger partial charge is 0.293 e. The topological polar surface area (TPSA) is 24.7 Å². The van der Waals surface area contributed by atoms with E-state index in [4.69, 9.17) is 0 Å². The Morgan fingerprint density at radius 3 is 2.40 bits per heavy atom. The molecule has 0 spiro atoms. The monoisotopic (exact) mass is 138 g/mol. The van der Waals surface area contributed by atoms with Gasteiger partial charge in [0, 0.05) is 19.0 Å². The van der Waals surface area contributed by atoms with Crippen LogP contribution in [0.4, 0.5) is 0 Å². The van der Waals surface area contributed by atoms with E-state index >= 15 is 0 Å². The van der Waals surface area contributed by atoms with E-state index in [9.17, 15) is 0 Å². The van der Waals surface area contributed by atoms with Gasteiger partial charge >= 0.3 is 0 Å². The summed E-state index contributed by atoms with van der Waals surface area (Å²) >= 11 is 0. The van der Waals surface area contributed by atoms with Crippen LogP contribution in [0.2, 0.25) is 0 Å². The third kappa shape index (κ3) is 3.17. The zero-order valence-corrected chi connectivity index (χ0v) is 6.83. The predicted octanol–water partition coefficient (Wildman–Crippen LogP) is 1.93. The lowest BCUT2D eigenvalue weighted by Gasteiger charge is -2.01. The number of rotatable bonds is 3. The minimum atomic E-state index is 0.461. The number of aliphatic imine (C=N–C) groups is 2. The van der Waals surface area contributed by atoms with Crippen LogP contribution in [-0.2, 0) is 0 Å². The lowest BCUT2D eigenvalue weighted by atomic mass is 10.1. The lowest BCUT2D eigenvalue weighted by Crippen LogP contribution is -2.02. The van der Waals surface area contributed by atoms with Gasteiger partial charge in [0.1, 0.15) is 0 Å². The molecule has 0 radical (unpaired) electrons. The molecule has 0 aromatic rings. The highest BCUT2D eigenvalue weighted by Crippen LogP contribution is 1.97. The van der Waals surface area contributed by atoms with Gasteiger partial charge in [-0.3, -0.25) is 9.98 Å². The van der Waals surface area contributed by atoms with Crippen LogP contribution in [0.5, 0.6) is 0 Å². The zero-order valence-electron chi connectivity index (χ0n) is 6.83. The highest BCUT2D eigenvalue weighted by molar-refractivity contribution is 5.96. The van der Waals surface area contributed by atoms with Crippen molar-refractivity contribution in [1.82, 2.24) is 0 Å². The van der Waals surface area contributed by atoms with E-state index in [0.29, 0.717) is 5.92 Å². The predicted molar refractivity (Wildman–Crippen MR) is 46.9 cm³/mol. The number of nitrogens with zero attached hydrogens (tertiary/aromatic N) is 2. The van der Waals surface area contributed by atoms with E-state index in [1.165, 1.54) is 0 Å². The second-order valence-electron chi connectivity index (χ2n) is 2.30. The fourth-order valence-corrected chi connectivity index (χ4v) is 0.654. The molecule has 0 aromatic heterocycles. The van der Waals surface area contributed by atoms with Crippen LogP contribution < -0.4 is 0 Å². The van der Waals surface area contributed by atoms with Crippen LogP contribution in [0.3, 0.4) is 0 Å². The molecule has 2 heteroatoms. The molecular formula is C8H14N2. The van der Waals surface area contributed by atoms with Gasteiger partial charge in [-0.25, -0.2) is 0 Å². The van der Waals surface area contributed by atoms with Crippen LogP contribution >= 0.6 is 0 Å². The molecule has 0 aliphatic heterocycles. The van der Waals surface area contributed by atoms with E-state index in [1.807, 2.05) is 6.08 Å². The quantitative estimate of drug-likeness (QED) is 0.532. The third-order valence-electron chi connectivity index (χ3n) is 1.20. The van der Waals surface area contributed by atoms with Gasteiger partial charge < -0.3 is 0 Å². The van der Waals surface area contributed by atoms with Gasteiger partial charge in [-0.2, -0.15) is 0 Å². The van der Waals surface area contributed by atoms with Crippen LogP contribution in [0.15, 0.2) is 22.3 Å². The molecule has 0 aliphatic carbocycles. The SMILES string of the molecule is C=N/C=C\C(=NC)C(C)C. The van der Waals surface area contributed by atoms with Crippen LogP contribution in [0, 0.1) is 5.92 Å². The Labute approximate surface area is 62.4 Å². The average molecular weight is 138 g/mol. The normalized spacial score (nSPS) is 13.0. The Balaban J connectivity index is 4.10. The van der Waals surface area contributed by atoms with Gasteiger partial charge in [0.2, 0.25) is 0 Å². The molecule has 0 aliphatic rings. The molecule has 0 rings (SSSR count). The van der Waals surface area contributed by atoms with Gasteiger partial charge in [-0.05, 0) is 18.7 Å². The summed E-state index contributed by atoms with van der Waals surface area (Å²) in [6.07, 6.45) is 3.53. The van der Waals surface area contributed by atoms with Crippen molar-refractivity contribution in [1.29, 1.82) is 0 Å². The molecule has 0 atom stereocenters. The van der Waals surface area contributed by atoms with Crippen molar-refractivity contribution < 1.29 is 0 Å². The van der Waals surface area contributed by atoms with Crippen molar-refractivity contribution in [3.8, 4) is 0 Å². The number of allylic oxidation sites excluding steroid dienone is 1. The fraction of sp³-hybridized carbons (Fsp3) is 0.500. The summed E-state index contributed by atoms with van der Waals surface area (Å²) in [5.41, 5.74) is 1.05. The highest BCUT2D eigenvalue weighted by atomic mass is 14.7.